The van der Waals surface area contributed by atoms with Gasteiger partial charge in [-0.3, -0.25) is 0 Å². The van der Waals surface area contributed by atoms with Gasteiger partial charge >= 0.3 is 0 Å². The normalized spacial score (nSPS) is 9.60. The third kappa shape index (κ3) is 3.88. The molecule has 0 amide bonds. The predicted molar refractivity (Wildman–Crippen MR) is 17.3 cm³/mol. The van der Waals surface area contributed by atoms with Gasteiger partial charge in [0.15, 0.2) is 6.29 Å². The van der Waals surface area contributed by atoms with Gasteiger partial charge in [-0.2, -0.15) is 0 Å². The maximum atomic E-state index is 7.79. The molecule has 0 fully saturated rings. The topological polar surface area (TPSA) is 66.5 Å². The van der Waals surface area contributed by atoms with Gasteiger partial charge in [0.05, 0.1) is 0 Å². The number of hydrogen-bond acceptors (Lipinski definition) is 3. The Morgan fingerprint density at radius 2 is 1.80 bits per heavy atom. The zero-order chi connectivity index (χ0) is 4.28. The van der Waals surface area contributed by atoms with Crippen molar-refractivity contribution in [2.75, 3.05) is 6.54 Å². The van der Waals surface area contributed by atoms with Crippen molar-refractivity contribution in [1.29, 1.82) is 0 Å². The van der Waals surface area contributed by atoms with Gasteiger partial charge < -0.3 is 15.9 Å². The van der Waals surface area contributed by atoms with Gasteiger partial charge in [-0.05, 0) is 0 Å². The van der Waals surface area contributed by atoms with Crippen LogP contribution in [0.15, 0.2) is 0 Å². The van der Waals surface area contributed by atoms with Crippen LogP contribution in [-0.4, -0.2) is 23.0 Å². The summed E-state index contributed by atoms with van der Waals surface area (Å²) in [5.74, 6) is 0. The lowest BCUT2D eigenvalue weighted by Crippen LogP contribution is -2.17. The molecule has 0 aliphatic heterocycles. The lowest BCUT2D eigenvalue weighted by Gasteiger charge is -1.90. The molecule has 0 heterocycles. The van der Waals surface area contributed by atoms with Crippen LogP contribution in [0.2, 0.25) is 0 Å². The summed E-state index contributed by atoms with van der Waals surface area (Å²) in [6.07, 6.45) is -1.34. The van der Waals surface area contributed by atoms with Crippen molar-refractivity contribution in [2.45, 2.75) is 6.29 Å². The molecule has 0 saturated carbocycles. The van der Waals surface area contributed by atoms with E-state index in [9.17, 15) is 0 Å². The van der Waals surface area contributed by atoms with Gasteiger partial charge in [0.25, 0.3) is 0 Å². The predicted octanol–water partition coefficient (Wildman–Crippen LogP) is -1.74. The van der Waals surface area contributed by atoms with Crippen LogP contribution in [0.5, 0.6) is 0 Å². The highest BCUT2D eigenvalue weighted by molar-refractivity contribution is 4.28. The first-order chi connectivity index (χ1) is 2.27. The Bertz CT molecular complexity index is 21.6. The van der Waals surface area contributed by atoms with E-state index in [0.717, 1.165) is 0 Å². The number of aliphatic hydroxyl groups is 2. The molecule has 0 aromatic carbocycles. The van der Waals surface area contributed by atoms with Crippen molar-refractivity contribution in [3.8, 4) is 0 Å². The largest absolute Gasteiger partial charge is 0.367 e. The van der Waals surface area contributed by atoms with E-state index >= 15 is 0 Å². The Morgan fingerprint density at radius 3 is 1.80 bits per heavy atom. The van der Waals surface area contributed by atoms with Gasteiger partial charge in [-0.1, -0.05) is 0 Å². The standard InChI is InChI=1S/C2H7NO2/c3-1-2(4)5/h2,4-5H,1,3H2. The Morgan fingerprint density at radius 1 is 1.60 bits per heavy atom. The summed E-state index contributed by atoms with van der Waals surface area (Å²) in [5, 5.41) is 15.6. The van der Waals surface area contributed by atoms with Crippen molar-refractivity contribution in [2.24, 2.45) is 5.73 Å². The summed E-state index contributed by atoms with van der Waals surface area (Å²) in [4.78, 5) is 0. The minimum Gasteiger partial charge on any atom is -0.367 e. The van der Waals surface area contributed by atoms with E-state index in [1.54, 1.807) is 0 Å². The van der Waals surface area contributed by atoms with Crippen molar-refractivity contribution >= 4 is 0 Å². The van der Waals surface area contributed by atoms with E-state index in [1.165, 1.54) is 0 Å². The van der Waals surface area contributed by atoms with Crippen molar-refractivity contribution < 1.29 is 10.2 Å². The molecular weight excluding hydrogens is 70.0 g/mol. The molecule has 0 rings (SSSR count). The zero-order valence-corrected chi connectivity index (χ0v) is 2.76. The third-order valence-electron chi connectivity index (χ3n) is 0.211. The second-order valence-electron chi connectivity index (χ2n) is 0.716. The summed E-state index contributed by atoms with van der Waals surface area (Å²) in [5.41, 5.74) is 4.67. The second-order valence-corrected chi connectivity index (χ2v) is 0.716. The van der Waals surface area contributed by atoms with E-state index in [-0.39, 0.29) is 6.54 Å². The molecule has 3 nitrogen and oxygen atoms in total. The molecule has 0 atom stereocenters. The lowest BCUT2D eigenvalue weighted by atomic mass is 10.7. The van der Waals surface area contributed by atoms with Gasteiger partial charge in [0, 0.05) is 6.54 Å². The van der Waals surface area contributed by atoms with E-state index < -0.39 is 6.29 Å². The Labute approximate surface area is 30.0 Å². The molecule has 0 radical (unpaired) electrons. The second kappa shape index (κ2) is 2.14. The van der Waals surface area contributed by atoms with Gasteiger partial charge in [0.2, 0.25) is 0 Å². The van der Waals surface area contributed by atoms with E-state index in [2.05, 4.69) is 5.73 Å². The molecule has 32 valence electrons. The molecule has 0 aromatic heterocycles. The summed E-state index contributed by atoms with van der Waals surface area (Å²) < 4.78 is 0. The van der Waals surface area contributed by atoms with Crippen LogP contribution < -0.4 is 5.73 Å². The van der Waals surface area contributed by atoms with Crippen molar-refractivity contribution in [3.63, 3.8) is 0 Å². The first-order valence-corrected chi connectivity index (χ1v) is 1.33. The molecule has 4 N–H and O–H groups in total. The van der Waals surface area contributed by atoms with Crippen LogP contribution in [0.4, 0.5) is 0 Å². The van der Waals surface area contributed by atoms with Gasteiger partial charge in [-0.15, -0.1) is 0 Å². The van der Waals surface area contributed by atoms with E-state index in [4.69, 9.17) is 10.2 Å². The first-order valence-electron chi connectivity index (χ1n) is 1.33. The Hall–Kier alpha value is -0.120. The average Bonchev–Trinajstić information content (AvgIpc) is 1.38. The number of hydrogen-bond donors (Lipinski definition) is 3. The van der Waals surface area contributed by atoms with Crippen molar-refractivity contribution in [3.05, 3.63) is 0 Å². The quantitative estimate of drug-likeness (QED) is 0.325. The van der Waals surface area contributed by atoms with Crippen LogP contribution in [0.1, 0.15) is 0 Å². The SMILES string of the molecule is NCC(O)O. The van der Waals surface area contributed by atoms with Crippen LogP contribution in [0.3, 0.4) is 0 Å². The molecule has 0 aliphatic carbocycles. The first kappa shape index (κ1) is 4.88. The lowest BCUT2D eigenvalue weighted by molar-refractivity contribution is -0.0309. The Kier molecular flexibility index (Phi) is 2.09. The van der Waals surface area contributed by atoms with Gasteiger partial charge in [-0.25, -0.2) is 0 Å². The highest BCUT2D eigenvalue weighted by atomic mass is 16.5. The average molecular weight is 77.1 g/mol. The molecule has 0 unspecified atom stereocenters. The summed E-state index contributed by atoms with van der Waals surface area (Å²) >= 11 is 0. The maximum absolute atomic E-state index is 7.79. The summed E-state index contributed by atoms with van der Waals surface area (Å²) in [7, 11) is 0. The summed E-state index contributed by atoms with van der Waals surface area (Å²) in [6.45, 7) is -0.0833. The molecule has 0 aromatic rings. The fraction of sp³-hybridized carbons (Fsp3) is 1.00. The maximum Gasteiger partial charge on any atom is 0.163 e. The Balaban J connectivity index is 2.54. The molecule has 3 heteroatoms. The number of rotatable bonds is 1. The van der Waals surface area contributed by atoms with Gasteiger partial charge in [0.1, 0.15) is 0 Å². The molecule has 5 heavy (non-hydrogen) atoms. The molecule has 0 saturated heterocycles. The molecule has 0 spiro atoms. The third-order valence-corrected chi connectivity index (χ3v) is 0.211. The highest BCUT2D eigenvalue weighted by Gasteiger charge is 1.83. The monoisotopic (exact) mass is 77.0 g/mol. The smallest absolute Gasteiger partial charge is 0.163 e. The van der Waals surface area contributed by atoms with Crippen LogP contribution >= 0.6 is 0 Å². The minimum absolute atomic E-state index is 0.0833. The van der Waals surface area contributed by atoms with Crippen LogP contribution in [-0.2, 0) is 0 Å². The van der Waals surface area contributed by atoms with E-state index in [0.29, 0.717) is 0 Å². The minimum atomic E-state index is -1.34. The van der Waals surface area contributed by atoms with Crippen LogP contribution in [0.25, 0.3) is 0 Å². The number of aliphatic hydroxyl groups excluding tert-OH is 1. The highest BCUT2D eigenvalue weighted by Crippen LogP contribution is 1.58. The molecule has 0 aliphatic rings. The fourth-order valence-electron chi connectivity index (χ4n) is 0. The molecule has 0 bridgehead atoms. The summed E-state index contributed by atoms with van der Waals surface area (Å²) in [6, 6.07) is 0. The van der Waals surface area contributed by atoms with Crippen molar-refractivity contribution in [1.82, 2.24) is 0 Å². The van der Waals surface area contributed by atoms with E-state index in [1.807, 2.05) is 0 Å². The number of nitrogens with two attached hydrogens (primary N) is 1. The fourth-order valence-corrected chi connectivity index (χ4v) is 0. The molecular formula is C2H7NO2. The van der Waals surface area contributed by atoms with Crippen LogP contribution in [0, 0.1) is 0 Å². The zero-order valence-electron chi connectivity index (χ0n) is 2.76.